The maximum absolute atomic E-state index is 12.7. The van der Waals surface area contributed by atoms with Crippen LogP contribution in [0.15, 0.2) is 48.5 Å². The minimum Gasteiger partial charge on any atom is -0.493 e. The third-order valence-corrected chi connectivity index (χ3v) is 3.49. The van der Waals surface area contributed by atoms with Crippen LogP contribution >= 0.6 is 0 Å². The first-order valence-corrected chi connectivity index (χ1v) is 6.69. The second-order valence-electron chi connectivity index (χ2n) is 4.95. The molecule has 0 radical (unpaired) electrons. The molecule has 2 aromatic carbocycles. The predicted octanol–water partition coefficient (Wildman–Crippen LogP) is 4.64. The molecule has 110 valence electrons. The summed E-state index contributed by atoms with van der Waals surface area (Å²) < 4.78 is 43.8. The molecule has 2 nitrogen and oxygen atoms in total. The molecular weight excluding hydrogens is 279 g/mol. The van der Waals surface area contributed by atoms with Gasteiger partial charge in [-0.15, -0.1) is 0 Å². The van der Waals surface area contributed by atoms with E-state index in [2.05, 4.69) is 5.32 Å². The van der Waals surface area contributed by atoms with E-state index >= 15 is 0 Å². The lowest BCUT2D eigenvalue weighted by molar-refractivity contribution is -0.137. The van der Waals surface area contributed by atoms with Crippen LogP contribution in [-0.4, -0.2) is 6.61 Å². The van der Waals surface area contributed by atoms with Gasteiger partial charge in [-0.2, -0.15) is 13.2 Å². The molecule has 1 atom stereocenters. The van der Waals surface area contributed by atoms with Crippen molar-refractivity contribution in [2.24, 2.45) is 0 Å². The van der Waals surface area contributed by atoms with Crippen LogP contribution in [0.1, 0.15) is 23.6 Å². The zero-order valence-electron chi connectivity index (χ0n) is 11.2. The van der Waals surface area contributed by atoms with E-state index in [0.29, 0.717) is 18.7 Å². The number of para-hydroxylation sites is 1. The van der Waals surface area contributed by atoms with Gasteiger partial charge in [-0.3, -0.25) is 0 Å². The second-order valence-corrected chi connectivity index (χ2v) is 4.95. The van der Waals surface area contributed by atoms with Crippen molar-refractivity contribution < 1.29 is 17.9 Å². The first-order chi connectivity index (χ1) is 10.0. The van der Waals surface area contributed by atoms with Gasteiger partial charge in [0.1, 0.15) is 5.75 Å². The average Bonchev–Trinajstić information content (AvgIpc) is 2.47. The van der Waals surface area contributed by atoms with Gasteiger partial charge in [0, 0.05) is 17.7 Å². The van der Waals surface area contributed by atoms with Gasteiger partial charge in [0.05, 0.1) is 18.2 Å². The molecule has 0 bridgehead atoms. The fourth-order valence-electron chi connectivity index (χ4n) is 2.48. The molecule has 0 aromatic heterocycles. The number of benzene rings is 2. The summed E-state index contributed by atoms with van der Waals surface area (Å²) >= 11 is 0. The lowest BCUT2D eigenvalue weighted by Crippen LogP contribution is -2.20. The minimum atomic E-state index is -4.33. The zero-order chi connectivity index (χ0) is 14.9. The lowest BCUT2D eigenvalue weighted by Gasteiger charge is -2.27. The summed E-state index contributed by atoms with van der Waals surface area (Å²) in [6, 6.07) is 12.8. The van der Waals surface area contributed by atoms with E-state index in [1.54, 1.807) is 6.07 Å². The Morgan fingerprint density at radius 3 is 2.67 bits per heavy atom. The monoisotopic (exact) mass is 293 g/mol. The normalized spacial score (nSPS) is 17.8. The van der Waals surface area contributed by atoms with E-state index in [9.17, 15) is 13.2 Å². The van der Waals surface area contributed by atoms with E-state index < -0.39 is 11.7 Å². The third kappa shape index (κ3) is 2.96. The number of nitrogens with one attached hydrogen (secondary N) is 1. The van der Waals surface area contributed by atoms with E-state index in [4.69, 9.17) is 4.74 Å². The Morgan fingerprint density at radius 1 is 1.05 bits per heavy atom. The van der Waals surface area contributed by atoms with Crippen molar-refractivity contribution >= 4 is 5.69 Å². The molecule has 2 aromatic rings. The summed E-state index contributed by atoms with van der Waals surface area (Å²) in [7, 11) is 0. The Kier molecular flexibility index (Phi) is 3.49. The van der Waals surface area contributed by atoms with Crippen LogP contribution < -0.4 is 10.1 Å². The van der Waals surface area contributed by atoms with Gasteiger partial charge >= 0.3 is 6.18 Å². The Morgan fingerprint density at radius 2 is 1.86 bits per heavy atom. The Hall–Kier alpha value is -2.17. The molecule has 0 amide bonds. The van der Waals surface area contributed by atoms with Gasteiger partial charge in [0.15, 0.2) is 0 Å². The maximum Gasteiger partial charge on any atom is 0.416 e. The minimum absolute atomic E-state index is 0.0431. The number of hydrogen-bond donors (Lipinski definition) is 1. The molecule has 1 aliphatic rings. The fraction of sp³-hybridized carbons (Fsp3) is 0.250. The molecular formula is C16H14F3NO. The highest BCUT2D eigenvalue weighted by molar-refractivity contribution is 5.50. The molecule has 21 heavy (non-hydrogen) atoms. The number of hydrogen-bond acceptors (Lipinski definition) is 2. The summed E-state index contributed by atoms with van der Waals surface area (Å²) in [4.78, 5) is 0. The second kappa shape index (κ2) is 5.31. The SMILES string of the molecule is FC(F)(F)c1cccc(NC2CCOc3ccccc32)c1. The van der Waals surface area contributed by atoms with Crippen LogP contribution in [0.2, 0.25) is 0 Å². The number of rotatable bonds is 2. The van der Waals surface area contributed by atoms with Gasteiger partial charge in [0.2, 0.25) is 0 Å². The van der Waals surface area contributed by atoms with Gasteiger partial charge in [-0.1, -0.05) is 24.3 Å². The fourth-order valence-corrected chi connectivity index (χ4v) is 2.48. The van der Waals surface area contributed by atoms with Crippen molar-refractivity contribution in [1.82, 2.24) is 0 Å². The van der Waals surface area contributed by atoms with Crippen molar-refractivity contribution in [3.63, 3.8) is 0 Å². The largest absolute Gasteiger partial charge is 0.493 e. The summed E-state index contributed by atoms with van der Waals surface area (Å²) in [6.45, 7) is 0.549. The Balaban J connectivity index is 1.85. The zero-order valence-corrected chi connectivity index (χ0v) is 11.2. The molecule has 0 aliphatic carbocycles. The van der Waals surface area contributed by atoms with E-state index in [1.807, 2.05) is 24.3 Å². The highest BCUT2D eigenvalue weighted by Crippen LogP contribution is 2.35. The number of halogens is 3. The van der Waals surface area contributed by atoms with Crippen LogP contribution in [0, 0.1) is 0 Å². The molecule has 0 fully saturated rings. The van der Waals surface area contributed by atoms with Crippen molar-refractivity contribution in [2.75, 3.05) is 11.9 Å². The number of fused-ring (bicyclic) bond motifs is 1. The van der Waals surface area contributed by atoms with Crippen molar-refractivity contribution in [3.8, 4) is 5.75 Å². The van der Waals surface area contributed by atoms with Gasteiger partial charge in [0.25, 0.3) is 0 Å². The molecule has 0 saturated carbocycles. The molecule has 3 rings (SSSR count). The molecule has 1 aliphatic heterocycles. The third-order valence-electron chi connectivity index (χ3n) is 3.49. The molecule has 0 saturated heterocycles. The maximum atomic E-state index is 12.7. The van der Waals surface area contributed by atoms with Gasteiger partial charge in [-0.25, -0.2) is 0 Å². The summed E-state index contributed by atoms with van der Waals surface area (Å²) in [5.74, 6) is 0.785. The molecule has 0 spiro atoms. The van der Waals surface area contributed by atoms with Crippen molar-refractivity contribution in [2.45, 2.75) is 18.6 Å². The predicted molar refractivity (Wildman–Crippen MR) is 74.4 cm³/mol. The number of ether oxygens (including phenoxy) is 1. The number of alkyl halides is 3. The molecule has 1 heterocycles. The number of anilines is 1. The lowest BCUT2D eigenvalue weighted by atomic mass is 10.00. The van der Waals surface area contributed by atoms with Crippen LogP contribution in [0.4, 0.5) is 18.9 Å². The van der Waals surface area contributed by atoms with Gasteiger partial charge in [-0.05, 0) is 24.3 Å². The Bertz CT molecular complexity index is 639. The molecule has 1 unspecified atom stereocenters. The van der Waals surface area contributed by atoms with Crippen LogP contribution in [0.3, 0.4) is 0 Å². The van der Waals surface area contributed by atoms with Gasteiger partial charge < -0.3 is 10.1 Å². The van der Waals surface area contributed by atoms with Crippen LogP contribution in [-0.2, 0) is 6.18 Å². The summed E-state index contributed by atoms with van der Waals surface area (Å²) in [5.41, 5.74) is 0.792. The smallest absolute Gasteiger partial charge is 0.416 e. The van der Waals surface area contributed by atoms with E-state index in [0.717, 1.165) is 23.4 Å². The Labute approximate surface area is 120 Å². The van der Waals surface area contributed by atoms with Crippen LogP contribution in [0.5, 0.6) is 5.75 Å². The van der Waals surface area contributed by atoms with E-state index in [-0.39, 0.29) is 6.04 Å². The van der Waals surface area contributed by atoms with Crippen LogP contribution in [0.25, 0.3) is 0 Å². The quantitative estimate of drug-likeness (QED) is 0.871. The van der Waals surface area contributed by atoms with Crippen molar-refractivity contribution in [3.05, 3.63) is 59.7 Å². The highest BCUT2D eigenvalue weighted by Gasteiger charge is 2.30. The highest BCUT2D eigenvalue weighted by atomic mass is 19.4. The molecule has 1 N–H and O–H groups in total. The first kappa shape index (κ1) is 13.8. The average molecular weight is 293 g/mol. The first-order valence-electron chi connectivity index (χ1n) is 6.69. The van der Waals surface area contributed by atoms with E-state index in [1.165, 1.54) is 6.07 Å². The summed E-state index contributed by atoms with van der Waals surface area (Å²) in [5, 5.41) is 3.17. The topological polar surface area (TPSA) is 21.3 Å². The summed E-state index contributed by atoms with van der Waals surface area (Å²) in [6.07, 6.45) is -3.61. The standard InChI is InChI=1S/C16H14F3NO/c17-16(18,19)11-4-3-5-12(10-11)20-14-8-9-21-15-7-2-1-6-13(14)15/h1-7,10,14,20H,8-9H2. The molecule has 5 heteroatoms. The van der Waals surface area contributed by atoms with Crippen molar-refractivity contribution in [1.29, 1.82) is 0 Å².